The Labute approximate surface area is 191 Å². The third-order valence-corrected chi connectivity index (χ3v) is 4.43. The first-order valence-corrected chi connectivity index (χ1v) is 10.2. The van der Waals surface area contributed by atoms with Crippen molar-refractivity contribution in [2.24, 2.45) is 4.99 Å². The third kappa shape index (κ3) is 8.59. The number of rotatable bonds is 11. The largest absolute Gasteiger partial charge is 0.478 e. The summed E-state index contributed by atoms with van der Waals surface area (Å²) in [7, 11) is 0. The molecule has 0 unspecified atom stereocenters. The van der Waals surface area contributed by atoms with Gasteiger partial charge in [0, 0.05) is 30.8 Å². The molecule has 0 radical (unpaired) electrons. The van der Waals surface area contributed by atoms with E-state index in [4.69, 9.17) is 9.26 Å². The van der Waals surface area contributed by atoms with E-state index in [2.05, 4.69) is 46.5 Å². The molecule has 8 heteroatoms. The molecule has 2 aromatic rings. The van der Waals surface area contributed by atoms with Gasteiger partial charge >= 0.3 is 0 Å². The molecule has 162 valence electrons. The number of hydrogen-bond donors (Lipinski definition) is 2. The quantitative estimate of drug-likeness (QED) is 0.258. The maximum absolute atomic E-state index is 5.51. The predicted molar refractivity (Wildman–Crippen MR) is 127 cm³/mol. The molecule has 2 N–H and O–H groups in total. The highest BCUT2D eigenvalue weighted by atomic mass is 127. The monoisotopic (exact) mass is 515 g/mol. The van der Waals surface area contributed by atoms with E-state index in [0.29, 0.717) is 31.5 Å². The van der Waals surface area contributed by atoms with Gasteiger partial charge < -0.3 is 19.9 Å². The number of halogens is 1. The normalized spacial score (nSPS) is 11.3. The van der Waals surface area contributed by atoms with E-state index in [-0.39, 0.29) is 24.0 Å². The fourth-order valence-corrected chi connectivity index (χ4v) is 2.79. The lowest BCUT2D eigenvalue weighted by Gasteiger charge is -2.10. The van der Waals surface area contributed by atoms with Gasteiger partial charge in [0.05, 0.1) is 25.4 Å². The van der Waals surface area contributed by atoms with Gasteiger partial charge in [-0.15, -0.1) is 24.0 Å². The summed E-state index contributed by atoms with van der Waals surface area (Å²) in [6.07, 6.45) is 4.90. The SMILES string of the molecule is CCCOc1ccc(CN=C(NCC)NCc2cc(C(CC)CC)no2)cn1.I. The van der Waals surface area contributed by atoms with Gasteiger partial charge in [-0.3, -0.25) is 0 Å². The Bertz CT molecular complexity index is 714. The van der Waals surface area contributed by atoms with Crippen LogP contribution < -0.4 is 15.4 Å². The minimum absolute atomic E-state index is 0. The van der Waals surface area contributed by atoms with Crippen molar-refractivity contribution in [1.29, 1.82) is 0 Å². The van der Waals surface area contributed by atoms with Crippen LogP contribution in [0.1, 0.15) is 69.9 Å². The number of nitrogens with one attached hydrogen (secondary N) is 2. The van der Waals surface area contributed by atoms with Gasteiger partial charge in [0.15, 0.2) is 11.7 Å². The molecular formula is C21H34IN5O2. The van der Waals surface area contributed by atoms with Crippen LogP contribution in [0.25, 0.3) is 0 Å². The zero-order chi connectivity index (χ0) is 20.2. The Morgan fingerprint density at radius 1 is 1.17 bits per heavy atom. The van der Waals surface area contributed by atoms with Gasteiger partial charge in [0.2, 0.25) is 5.88 Å². The van der Waals surface area contributed by atoms with Crippen molar-refractivity contribution in [3.8, 4) is 5.88 Å². The minimum Gasteiger partial charge on any atom is -0.478 e. The van der Waals surface area contributed by atoms with Crippen LogP contribution in [0.3, 0.4) is 0 Å². The zero-order valence-corrected chi connectivity index (χ0v) is 20.2. The first kappa shape index (κ1) is 25.2. The first-order valence-electron chi connectivity index (χ1n) is 10.2. The molecular weight excluding hydrogens is 481 g/mol. The molecule has 0 spiro atoms. The smallest absolute Gasteiger partial charge is 0.213 e. The summed E-state index contributed by atoms with van der Waals surface area (Å²) in [5, 5.41) is 10.8. The molecule has 0 atom stereocenters. The summed E-state index contributed by atoms with van der Waals surface area (Å²) >= 11 is 0. The molecule has 0 fully saturated rings. The standard InChI is InChI=1S/C21H33N5O2.HI/c1-5-11-27-20-10-9-16(13-23-20)14-24-21(22-8-4)25-15-18-12-19(26-28-18)17(6-2)7-3;/h9-10,12-13,17H,5-8,11,14-15H2,1-4H3,(H2,22,24,25);1H. The number of nitrogens with zero attached hydrogens (tertiary/aromatic N) is 3. The second-order valence-electron chi connectivity index (χ2n) is 6.63. The Hall–Kier alpha value is -1.84. The molecule has 0 aliphatic rings. The highest BCUT2D eigenvalue weighted by Gasteiger charge is 2.13. The molecule has 2 aromatic heterocycles. The van der Waals surface area contributed by atoms with Crippen LogP contribution in [0.5, 0.6) is 5.88 Å². The highest BCUT2D eigenvalue weighted by Crippen LogP contribution is 2.22. The number of guanidine groups is 1. The maximum Gasteiger partial charge on any atom is 0.213 e. The average molecular weight is 515 g/mol. The summed E-state index contributed by atoms with van der Waals surface area (Å²) in [6.45, 7) is 11.0. The van der Waals surface area contributed by atoms with Gasteiger partial charge in [0.25, 0.3) is 0 Å². The molecule has 29 heavy (non-hydrogen) atoms. The minimum atomic E-state index is 0. The molecule has 2 heterocycles. The van der Waals surface area contributed by atoms with E-state index in [9.17, 15) is 0 Å². The second-order valence-corrected chi connectivity index (χ2v) is 6.63. The van der Waals surface area contributed by atoms with Crippen molar-refractivity contribution in [3.63, 3.8) is 0 Å². The molecule has 0 aliphatic carbocycles. The summed E-state index contributed by atoms with van der Waals surface area (Å²) in [5.74, 6) is 2.65. The van der Waals surface area contributed by atoms with Crippen LogP contribution in [0.2, 0.25) is 0 Å². The summed E-state index contributed by atoms with van der Waals surface area (Å²) in [4.78, 5) is 8.93. The Balaban J connectivity index is 0.00000420. The van der Waals surface area contributed by atoms with Crippen LogP contribution in [-0.4, -0.2) is 29.3 Å². The fraction of sp³-hybridized carbons (Fsp3) is 0.571. The maximum atomic E-state index is 5.51. The van der Waals surface area contributed by atoms with Crippen molar-refractivity contribution in [3.05, 3.63) is 41.4 Å². The van der Waals surface area contributed by atoms with Gasteiger partial charge in [-0.05, 0) is 31.7 Å². The van der Waals surface area contributed by atoms with E-state index in [1.165, 1.54) is 0 Å². The first-order chi connectivity index (χ1) is 13.7. The lowest BCUT2D eigenvalue weighted by molar-refractivity contribution is 0.305. The summed E-state index contributed by atoms with van der Waals surface area (Å²) < 4.78 is 11.0. The molecule has 0 bridgehead atoms. The Morgan fingerprint density at radius 3 is 2.59 bits per heavy atom. The van der Waals surface area contributed by atoms with Gasteiger partial charge in [-0.2, -0.15) is 0 Å². The van der Waals surface area contributed by atoms with E-state index < -0.39 is 0 Å². The molecule has 0 aromatic carbocycles. The van der Waals surface area contributed by atoms with Crippen molar-refractivity contribution in [1.82, 2.24) is 20.8 Å². The van der Waals surface area contributed by atoms with Crippen molar-refractivity contribution in [2.45, 2.75) is 66.0 Å². The molecule has 0 saturated heterocycles. The number of aromatic nitrogens is 2. The Morgan fingerprint density at radius 2 is 1.97 bits per heavy atom. The molecule has 0 saturated carbocycles. The Kier molecular flexibility index (Phi) is 12.3. The summed E-state index contributed by atoms with van der Waals surface area (Å²) in [6, 6.07) is 5.91. The van der Waals surface area contributed by atoms with Crippen LogP contribution >= 0.6 is 24.0 Å². The fourth-order valence-electron chi connectivity index (χ4n) is 2.79. The van der Waals surface area contributed by atoms with Gasteiger partial charge in [-0.25, -0.2) is 9.98 Å². The third-order valence-electron chi connectivity index (χ3n) is 4.43. The van der Waals surface area contributed by atoms with E-state index >= 15 is 0 Å². The van der Waals surface area contributed by atoms with Crippen LogP contribution in [0.4, 0.5) is 0 Å². The number of ether oxygens (including phenoxy) is 1. The number of aliphatic imine (C=N–C) groups is 1. The molecule has 0 aliphatic heterocycles. The predicted octanol–water partition coefficient (Wildman–Crippen LogP) is 4.64. The number of pyridine rings is 1. The van der Waals surface area contributed by atoms with Crippen LogP contribution in [-0.2, 0) is 13.1 Å². The number of hydrogen-bond acceptors (Lipinski definition) is 5. The van der Waals surface area contributed by atoms with Gasteiger partial charge in [-0.1, -0.05) is 32.0 Å². The highest BCUT2D eigenvalue weighted by molar-refractivity contribution is 14.0. The van der Waals surface area contributed by atoms with E-state index in [1.54, 1.807) is 6.20 Å². The van der Waals surface area contributed by atoms with Crippen molar-refractivity contribution in [2.75, 3.05) is 13.2 Å². The van der Waals surface area contributed by atoms with Gasteiger partial charge in [0.1, 0.15) is 0 Å². The van der Waals surface area contributed by atoms with Crippen LogP contribution in [0.15, 0.2) is 33.9 Å². The zero-order valence-electron chi connectivity index (χ0n) is 17.9. The molecule has 0 amide bonds. The van der Waals surface area contributed by atoms with E-state index in [1.807, 2.05) is 25.1 Å². The molecule has 2 rings (SSSR count). The lowest BCUT2D eigenvalue weighted by Crippen LogP contribution is -2.36. The topological polar surface area (TPSA) is 84.6 Å². The second kappa shape index (κ2) is 14.2. The van der Waals surface area contributed by atoms with Crippen molar-refractivity contribution >= 4 is 29.9 Å². The molecule has 7 nitrogen and oxygen atoms in total. The van der Waals surface area contributed by atoms with Crippen molar-refractivity contribution < 1.29 is 9.26 Å². The lowest BCUT2D eigenvalue weighted by atomic mass is 9.99. The average Bonchev–Trinajstić information content (AvgIpc) is 3.19. The van der Waals surface area contributed by atoms with E-state index in [0.717, 1.165) is 48.8 Å². The summed E-state index contributed by atoms with van der Waals surface area (Å²) in [5.41, 5.74) is 2.05. The van der Waals surface area contributed by atoms with Crippen LogP contribution in [0, 0.1) is 0 Å².